The number of nitrogens with one attached hydrogen (secondary N) is 1. The van der Waals surface area contributed by atoms with Crippen LogP contribution in [0.15, 0.2) is 0 Å². The van der Waals surface area contributed by atoms with Gasteiger partial charge in [0.25, 0.3) is 0 Å². The lowest BCUT2D eigenvalue weighted by Crippen LogP contribution is -2.21. The molecule has 0 fully saturated rings. The number of aryl methyl sites for hydroxylation is 2. The van der Waals surface area contributed by atoms with E-state index in [0.29, 0.717) is 12.6 Å². The molecular weight excluding hydrogens is 229 g/mol. The van der Waals surface area contributed by atoms with Crippen molar-refractivity contribution in [1.82, 2.24) is 15.1 Å². The van der Waals surface area contributed by atoms with Crippen LogP contribution in [-0.4, -0.2) is 23.0 Å². The smallest absolute Gasteiger partial charge is 0.109 e. The first-order valence-electron chi connectivity index (χ1n) is 7.07. The Morgan fingerprint density at radius 3 is 2.50 bits per heavy atom. The van der Waals surface area contributed by atoms with E-state index in [9.17, 15) is 4.39 Å². The Hall–Kier alpha value is -0.900. The van der Waals surface area contributed by atoms with Gasteiger partial charge in [-0.1, -0.05) is 20.8 Å². The van der Waals surface area contributed by atoms with Gasteiger partial charge in [0, 0.05) is 17.3 Å². The number of hydrogen-bond acceptors (Lipinski definition) is 2. The van der Waals surface area contributed by atoms with Crippen LogP contribution in [0.1, 0.15) is 57.1 Å². The average Bonchev–Trinajstić information content (AvgIpc) is 2.74. The van der Waals surface area contributed by atoms with Crippen LogP contribution in [0.3, 0.4) is 0 Å². The molecule has 0 aliphatic carbocycles. The van der Waals surface area contributed by atoms with Crippen LogP contribution in [0.25, 0.3) is 0 Å². The molecule has 0 saturated heterocycles. The minimum Gasteiger partial charge on any atom is -0.310 e. The van der Waals surface area contributed by atoms with Crippen molar-refractivity contribution in [3.05, 3.63) is 17.0 Å². The van der Waals surface area contributed by atoms with E-state index in [1.807, 2.05) is 4.68 Å². The Balaban J connectivity index is 3.05. The second-order valence-corrected chi connectivity index (χ2v) is 4.60. The van der Waals surface area contributed by atoms with Gasteiger partial charge in [0.2, 0.25) is 0 Å². The lowest BCUT2D eigenvalue weighted by Gasteiger charge is -2.15. The molecule has 0 aliphatic heterocycles. The molecule has 1 aromatic rings. The summed E-state index contributed by atoms with van der Waals surface area (Å²) in [6.07, 6.45) is 2.92. The van der Waals surface area contributed by atoms with Gasteiger partial charge in [0.05, 0.1) is 12.2 Å². The van der Waals surface area contributed by atoms with E-state index in [1.54, 1.807) is 0 Å². The highest BCUT2D eigenvalue weighted by Gasteiger charge is 2.19. The highest BCUT2D eigenvalue weighted by molar-refractivity contribution is 5.30. The summed E-state index contributed by atoms with van der Waals surface area (Å²) >= 11 is 0. The predicted octanol–water partition coefficient (Wildman–Crippen LogP) is 3.04. The normalized spacial score (nSPS) is 12.9. The van der Waals surface area contributed by atoms with E-state index in [0.717, 1.165) is 31.5 Å². The van der Waals surface area contributed by atoms with E-state index in [-0.39, 0.29) is 6.67 Å². The van der Waals surface area contributed by atoms with E-state index >= 15 is 0 Å². The van der Waals surface area contributed by atoms with Crippen molar-refractivity contribution < 1.29 is 4.39 Å². The number of aromatic nitrogens is 2. The monoisotopic (exact) mass is 255 g/mol. The van der Waals surface area contributed by atoms with Crippen molar-refractivity contribution in [2.24, 2.45) is 0 Å². The van der Waals surface area contributed by atoms with E-state index in [4.69, 9.17) is 0 Å². The van der Waals surface area contributed by atoms with Gasteiger partial charge in [-0.3, -0.25) is 4.68 Å². The highest BCUT2D eigenvalue weighted by atomic mass is 19.1. The molecule has 0 aliphatic rings. The first kappa shape index (κ1) is 15.2. The molecule has 1 atom stereocenters. The van der Waals surface area contributed by atoms with E-state index in [2.05, 4.69) is 38.1 Å². The summed E-state index contributed by atoms with van der Waals surface area (Å²) in [6, 6.07) is 0.295. The summed E-state index contributed by atoms with van der Waals surface area (Å²) in [5.41, 5.74) is 3.57. The lowest BCUT2D eigenvalue weighted by molar-refractivity contribution is 0.418. The molecule has 0 spiro atoms. The predicted molar refractivity (Wildman–Crippen MR) is 73.7 cm³/mol. The fourth-order valence-corrected chi connectivity index (χ4v) is 2.43. The molecule has 18 heavy (non-hydrogen) atoms. The van der Waals surface area contributed by atoms with Gasteiger partial charge >= 0.3 is 0 Å². The van der Waals surface area contributed by atoms with Crippen molar-refractivity contribution in [2.45, 2.75) is 59.5 Å². The molecule has 0 radical (unpaired) electrons. The number of rotatable bonds is 8. The summed E-state index contributed by atoms with van der Waals surface area (Å²) in [4.78, 5) is 0. The van der Waals surface area contributed by atoms with Crippen LogP contribution in [0.4, 0.5) is 4.39 Å². The Kier molecular flexibility index (Phi) is 6.33. The summed E-state index contributed by atoms with van der Waals surface area (Å²) in [5.74, 6) is 0. The maximum atomic E-state index is 12.6. The summed E-state index contributed by atoms with van der Waals surface area (Å²) in [7, 11) is 0. The number of hydrogen-bond donors (Lipinski definition) is 1. The fourth-order valence-electron chi connectivity index (χ4n) is 2.43. The second kappa shape index (κ2) is 7.52. The van der Waals surface area contributed by atoms with Crippen LogP contribution >= 0.6 is 0 Å². The van der Waals surface area contributed by atoms with Gasteiger partial charge in [0.15, 0.2) is 0 Å². The van der Waals surface area contributed by atoms with Crippen molar-refractivity contribution in [1.29, 1.82) is 0 Å². The molecule has 0 aromatic carbocycles. The van der Waals surface area contributed by atoms with Crippen molar-refractivity contribution in [3.63, 3.8) is 0 Å². The number of halogens is 1. The Bertz CT molecular complexity index is 360. The molecule has 0 bridgehead atoms. The van der Waals surface area contributed by atoms with Gasteiger partial charge in [-0.25, -0.2) is 4.39 Å². The SMILES string of the molecule is CCCNC(C)c1c(CC)nn(CCF)c1CC. The van der Waals surface area contributed by atoms with Crippen molar-refractivity contribution >= 4 is 0 Å². The quantitative estimate of drug-likeness (QED) is 0.774. The van der Waals surface area contributed by atoms with Gasteiger partial charge in [-0.05, 0) is 32.7 Å². The zero-order chi connectivity index (χ0) is 13.5. The van der Waals surface area contributed by atoms with Gasteiger partial charge in [-0.15, -0.1) is 0 Å². The summed E-state index contributed by atoms with van der Waals surface area (Å²) in [5, 5.41) is 8.06. The number of alkyl halides is 1. The first-order valence-corrected chi connectivity index (χ1v) is 7.07. The molecule has 1 unspecified atom stereocenters. The Morgan fingerprint density at radius 2 is 2.00 bits per heavy atom. The van der Waals surface area contributed by atoms with Gasteiger partial charge in [-0.2, -0.15) is 5.10 Å². The Morgan fingerprint density at radius 1 is 1.28 bits per heavy atom. The zero-order valence-electron chi connectivity index (χ0n) is 12.1. The molecule has 4 heteroatoms. The standard InChI is InChI=1S/C14H26FN3/c1-5-9-16-11(4)14-12(6-2)17-18(10-8-15)13(14)7-3/h11,16H,5-10H2,1-4H3. The molecule has 1 rings (SSSR count). The van der Waals surface area contributed by atoms with Gasteiger partial charge < -0.3 is 5.32 Å². The third-order valence-corrected chi connectivity index (χ3v) is 3.27. The van der Waals surface area contributed by atoms with Crippen LogP contribution in [0.5, 0.6) is 0 Å². The zero-order valence-corrected chi connectivity index (χ0v) is 12.1. The van der Waals surface area contributed by atoms with Crippen LogP contribution in [0.2, 0.25) is 0 Å². The largest absolute Gasteiger partial charge is 0.310 e. The fraction of sp³-hybridized carbons (Fsp3) is 0.786. The third-order valence-electron chi connectivity index (χ3n) is 3.27. The average molecular weight is 255 g/mol. The van der Waals surface area contributed by atoms with E-state index in [1.165, 1.54) is 11.3 Å². The summed E-state index contributed by atoms with van der Waals surface area (Å²) < 4.78 is 14.4. The topological polar surface area (TPSA) is 29.9 Å². The van der Waals surface area contributed by atoms with Crippen molar-refractivity contribution in [2.75, 3.05) is 13.2 Å². The molecule has 104 valence electrons. The highest BCUT2D eigenvalue weighted by Crippen LogP contribution is 2.23. The molecule has 1 aromatic heterocycles. The molecule has 0 saturated carbocycles. The molecule has 0 amide bonds. The second-order valence-electron chi connectivity index (χ2n) is 4.60. The van der Waals surface area contributed by atoms with Crippen LogP contribution < -0.4 is 5.32 Å². The van der Waals surface area contributed by atoms with E-state index < -0.39 is 0 Å². The number of nitrogens with zero attached hydrogens (tertiary/aromatic N) is 2. The maximum absolute atomic E-state index is 12.6. The molecule has 1 N–H and O–H groups in total. The molecule has 3 nitrogen and oxygen atoms in total. The maximum Gasteiger partial charge on any atom is 0.109 e. The van der Waals surface area contributed by atoms with Crippen LogP contribution in [-0.2, 0) is 19.4 Å². The molecule has 1 heterocycles. The lowest BCUT2D eigenvalue weighted by atomic mass is 10.0. The summed E-state index contributed by atoms with van der Waals surface area (Å²) in [6.45, 7) is 9.57. The first-order chi connectivity index (χ1) is 8.69. The van der Waals surface area contributed by atoms with Gasteiger partial charge in [0.1, 0.15) is 6.67 Å². The third kappa shape index (κ3) is 3.31. The minimum absolute atomic E-state index is 0.295. The van der Waals surface area contributed by atoms with Crippen LogP contribution in [0, 0.1) is 0 Å². The minimum atomic E-state index is -0.353. The molecular formula is C14H26FN3. The van der Waals surface area contributed by atoms with Crippen molar-refractivity contribution in [3.8, 4) is 0 Å². The Labute approximate surface area is 110 Å².